The lowest BCUT2D eigenvalue weighted by molar-refractivity contribution is 0.338. The minimum absolute atomic E-state index is 0.618. The third-order valence-electron chi connectivity index (χ3n) is 5.76. The molecular formula is C26H42N6. The van der Waals surface area contributed by atoms with E-state index in [1.165, 1.54) is 44.3 Å². The molecule has 0 radical (unpaired) electrons. The SMILES string of the molecule is C=CNC(=NCCCC1CCCN(C)CC1)/N=C(/C)Cc1n/c(=C(\C)C=C(C)C)c(=C)[nH]1. The third-order valence-corrected chi connectivity index (χ3v) is 5.76. The number of rotatable bonds is 8. The number of H-pyrrole nitrogens is 1. The molecular weight excluding hydrogens is 396 g/mol. The Labute approximate surface area is 194 Å². The van der Waals surface area contributed by atoms with Gasteiger partial charge in [0.15, 0.2) is 0 Å². The van der Waals surface area contributed by atoms with Crippen molar-refractivity contribution < 1.29 is 0 Å². The standard InChI is InChI=1S/C26H42N6/c1-8-27-26(28-14-9-11-23-12-10-15-32(7)16-13-23)29-21(5)18-24-30-22(6)25(31-24)20(4)17-19(2)3/h8,17,23H,1,6,9-16,18H2,2-5,7H3,(H,27,28)(H,30,31)/b25-20+,29-21-. The Kier molecular flexibility index (Phi) is 10.6. The van der Waals surface area contributed by atoms with Gasteiger partial charge in [-0.05, 0) is 97.6 Å². The molecule has 1 fully saturated rings. The molecule has 6 heteroatoms. The molecule has 2 heterocycles. The molecule has 2 rings (SSSR count). The molecule has 1 aromatic heterocycles. The van der Waals surface area contributed by atoms with Crippen molar-refractivity contribution in [1.29, 1.82) is 0 Å². The maximum absolute atomic E-state index is 4.73. The molecule has 0 aliphatic carbocycles. The first kappa shape index (κ1) is 25.8. The zero-order valence-corrected chi connectivity index (χ0v) is 20.8. The molecule has 1 aliphatic heterocycles. The molecule has 1 saturated heterocycles. The second-order valence-corrected chi connectivity index (χ2v) is 9.24. The summed E-state index contributed by atoms with van der Waals surface area (Å²) in [5.74, 6) is 2.31. The van der Waals surface area contributed by atoms with E-state index in [1.807, 2.05) is 6.92 Å². The molecule has 0 bridgehead atoms. The van der Waals surface area contributed by atoms with Crippen LogP contribution in [0.2, 0.25) is 0 Å². The lowest BCUT2D eigenvalue weighted by atomic mass is 9.95. The Balaban J connectivity index is 1.98. The molecule has 32 heavy (non-hydrogen) atoms. The van der Waals surface area contributed by atoms with Gasteiger partial charge in [0, 0.05) is 18.7 Å². The van der Waals surface area contributed by atoms with E-state index in [9.17, 15) is 0 Å². The second kappa shape index (κ2) is 13.2. The van der Waals surface area contributed by atoms with E-state index in [-0.39, 0.29) is 0 Å². The normalized spacial score (nSPS) is 19.3. The van der Waals surface area contributed by atoms with Crippen molar-refractivity contribution >= 4 is 23.8 Å². The van der Waals surface area contributed by atoms with Crippen molar-refractivity contribution in [1.82, 2.24) is 20.2 Å². The highest BCUT2D eigenvalue weighted by Gasteiger charge is 2.14. The lowest BCUT2D eigenvalue weighted by Crippen LogP contribution is -2.24. The van der Waals surface area contributed by atoms with Gasteiger partial charge in [-0.1, -0.05) is 24.8 Å². The predicted molar refractivity (Wildman–Crippen MR) is 138 cm³/mol. The smallest absolute Gasteiger partial charge is 0.221 e. The van der Waals surface area contributed by atoms with Gasteiger partial charge in [0.1, 0.15) is 5.82 Å². The van der Waals surface area contributed by atoms with Crippen LogP contribution in [0.4, 0.5) is 0 Å². The molecule has 176 valence electrons. The predicted octanol–water partition coefficient (Wildman–Crippen LogP) is 3.56. The fraction of sp³-hybridized carbons (Fsp3) is 0.577. The maximum Gasteiger partial charge on any atom is 0.221 e. The topological polar surface area (TPSA) is 68.7 Å². The number of hydrogen-bond donors (Lipinski definition) is 2. The summed E-state index contributed by atoms with van der Waals surface area (Å²) >= 11 is 0. The van der Waals surface area contributed by atoms with E-state index in [1.54, 1.807) is 6.20 Å². The average molecular weight is 439 g/mol. The lowest BCUT2D eigenvalue weighted by Gasteiger charge is -2.14. The Morgan fingerprint density at radius 2 is 2.03 bits per heavy atom. The Hall–Kier alpha value is -2.47. The number of nitrogens with one attached hydrogen (secondary N) is 2. The van der Waals surface area contributed by atoms with Crippen LogP contribution < -0.4 is 16.0 Å². The van der Waals surface area contributed by atoms with Gasteiger partial charge in [0.05, 0.1) is 10.7 Å². The number of likely N-dealkylation sites (tertiary alicyclic amines) is 1. The highest BCUT2D eigenvalue weighted by atomic mass is 15.1. The van der Waals surface area contributed by atoms with Gasteiger partial charge in [-0.15, -0.1) is 0 Å². The van der Waals surface area contributed by atoms with E-state index < -0.39 is 0 Å². The summed E-state index contributed by atoms with van der Waals surface area (Å²) < 4.78 is 0. The van der Waals surface area contributed by atoms with Crippen LogP contribution in [0.5, 0.6) is 0 Å². The highest BCUT2D eigenvalue weighted by molar-refractivity contribution is 5.96. The molecule has 1 aromatic rings. The van der Waals surface area contributed by atoms with E-state index in [0.29, 0.717) is 12.4 Å². The van der Waals surface area contributed by atoms with Crippen molar-refractivity contribution in [3.63, 3.8) is 0 Å². The van der Waals surface area contributed by atoms with E-state index in [2.05, 4.69) is 72.2 Å². The fourth-order valence-corrected chi connectivity index (χ4v) is 4.20. The van der Waals surface area contributed by atoms with Gasteiger partial charge >= 0.3 is 0 Å². The molecule has 0 saturated carbocycles. The van der Waals surface area contributed by atoms with Crippen LogP contribution in [0.1, 0.15) is 65.6 Å². The summed E-state index contributed by atoms with van der Waals surface area (Å²) in [4.78, 5) is 19.8. The summed E-state index contributed by atoms with van der Waals surface area (Å²) in [6.07, 6.45) is 10.7. The number of hydrogen-bond acceptors (Lipinski definition) is 3. The quantitative estimate of drug-likeness (QED) is 0.370. The van der Waals surface area contributed by atoms with Gasteiger partial charge in [-0.3, -0.25) is 4.99 Å². The van der Waals surface area contributed by atoms with Gasteiger partial charge < -0.3 is 15.2 Å². The van der Waals surface area contributed by atoms with Gasteiger partial charge in [-0.2, -0.15) is 0 Å². The summed E-state index contributed by atoms with van der Waals surface area (Å²) in [5.41, 5.74) is 3.29. The van der Waals surface area contributed by atoms with Crippen molar-refractivity contribution in [2.45, 2.75) is 66.2 Å². The van der Waals surface area contributed by atoms with Crippen molar-refractivity contribution in [3.8, 4) is 0 Å². The summed E-state index contributed by atoms with van der Waals surface area (Å²) in [5, 5.41) is 4.83. The molecule has 1 unspecified atom stereocenters. The van der Waals surface area contributed by atoms with Crippen molar-refractivity contribution in [2.75, 3.05) is 26.7 Å². The van der Waals surface area contributed by atoms with Gasteiger partial charge in [0.2, 0.25) is 5.96 Å². The van der Waals surface area contributed by atoms with Gasteiger partial charge in [0.25, 0.3) is 0 Å². The molecule has 0 aromatic carbocycles. The minimum atomic E-state index is 0.618. The number of aromatic amines is 1. The maximum atomic E-state index is 4.73. The molecule has 1 aliphatic rings. The van der Waals surface area contributed by atoms with E-state index in [4.69, 9.17) is 4.98 Å². The summed E-state index contributed by atoms with van der Waals surface area (Å²) in [6, 6.07) is 0. The number of aliphatic imine (C=N–C) groups is 2. The molecule has 2 N–H and O–H groups in total. The number of allylic oxidation sites excluding steroid dienone is 2. The minimum Gasteiger partial charge on any atom is -0.342 e. The highest BCUT2D eigenvalue weighted by Crippen LogP contribution is 2.21. The van der Waals surface area contributed by atoms with Crippen LogP contribution >= 0.6 is 0 Å². The fourth-order valence-electron chi connectivity index (χ4n) is 4.20. The summed E-state index contributed by atoms with van der Waals surface area (Å²) in [6.45, 7) is 19.3. The number of nitrogens with zero attached hydrogens (tertiary/aromatic N) is 4. The molecule has 6 nitrogen and oxygen atoms in total. The number of guanidine groups is 1. The Bertz CT molecular complexity index is 945. The average Bonchev–Trinajstić information content (AvgIpc) is 2.94. The Morgan fingerprint density at radius 3 is 2.75 bits per heavy atom. The molecule has 0 amide bonds. The van der Waals surface area contributed by atoms with Gasteiger partial charge in [-0.25, -0.2) is 9.98 Å². The Morgan fingerprint density at radius 1 is 1.25 bits per heavy atom. The first-order valence-electron chi connectivity index (χ1n) is 11.8. The van der Waals surface area contributed by atoms with E-state index in [0.717, 1.165) is 46.7 Å². The number of aromatic nitrogens is 2. The second-order valence-electron chi connectivity index (χ2n) is 9.24. The largest absolute Gasteiger partial charge is 0.342 e. The molecule has 1 atom stereocenters. The zero-order chi connectivity index (χ0) is 23.5. The van der Waals surface area contributed by atoms with Crippen molar-refractivity contribution in [2.24, 2.45) is 15.9 Å². The van der Waals surface area contributed by atoms with Crippen LogP contribution in [0.25, 0.3) is 12.2 Å². The van der Waals surface area contributed by atoms with Crippen LogP contribution in [0, 0.1) is 5.92 Å². The van der Waals surface area contributed by atoms with Crippen LogP contribution in [0.3, 0.4) is 0 Å². The monoisotopic (exact) mass is 438 g/mol. The van der Waals surface area contributed by atoms with Crippen LogP contribution in [-0.4, -0.2) is 53.2 Å². The first-order chi connectivity index (χ1) is 15.3. The summed E-state index contributed by atoms with van der Waals surface area (Å²) in [7, 11) is 2.23. The zero-order valence-electron chi connectivity index (χ0n) is 20.8. The molecule has 0 spiro atoms. The van der Waals surface area contributed by atoms with E-state index >= 15 is 0 Å². The van der Waals surface area contributed by atoms with Crippen molar-refractivity contribution in [3.05, 3.63) is 41.0 Å². The third kappa shape index (κ3) is 8.95. The first-order valence-corrected chi connectivity index (χ1v) is 11.8. The number of imidazole rings is 1. The van der Waals surface area contributed by atoms with Crippen LogP contribution in [0.15, 0.2) is 34.4 Å². The van der Waals surface area contributed by atoms with Crippen LogP contribution in [-0.2, 0) is 6.42 Å².